The second-order valence-electron chi connectivity index (χ2n) is 6.03. The number of rotatable bonds is 4. The number of aryl methyl sites for hydroxylation is 1. The summed E-state index contributed by atoms with van der Waals surface area (Å²) in [6.45, 7) is 2.81. The predicted molar refractivity (Wildman–Crippen MR) is 102 cm³/mol. The number of carbonyl (C=O) groups is 1. The van der Waals surface area contributed by atoms with Crippen molar-refractivity contribution in [2.45, 2.75) is 24.8 Å². The van der Waals surface area contributed by atoms with Crippen molar-refractivity contribution in [1.82, 2.24) is 9.97 Å². The molecule has 0 fully saturated rings. The second-order valence-corrected chi connectivity index (χ2v) is 6.99. The highest BCUT2D eigenvalue weighted by Gasteiger charge is 2.24. The standard InChI is InChI=1S/C20H19N3OS/c1-2-18-21-16-9-5-4-8-15(16)20(22-18)25-13-19(24)23-12-11-14-7-3-6-10-17(14)23/h3-10H,2,11-13H2,1H3. The van der Waals surface area contributed by atoms with Crippen LogP contribution in [0.2, 0.25) is 0 Å². The lowest BCUT2D eigenvalue weighted by molar-refractivity contribution is -0.116. The van der Waals surface area contributed by atoms with Crippen LogP contribution in [0.25, 0.3) is 10.9 Å². The fourth-order valence-corrected chi connectivity index (χ4v) is 4.08. The molecule has 2 heterocycles. The first-order valence-corrected chi connectivity index (χ1v) is 9.51. The van der Waals surface area contributed by atoms with Crippen LogP contribution in [0.5, 0.6) is 0 Å². The van der Waals surface area contributed by atoms with Gasteiger partial charge in [0.2, 0.25) is 5.91 Å². The first-order valence-electron chi connectivity index (χ1n) is 8.53. The molecular formula is C20H19N3OS. The molecule has 0 unspecified atom stereocenters. The van der Waals surface area contributed by atoms with Crippen molar-refractivity contribution in [2.75, 3.05) is 17.2 Å². The first kappa shape index (κ1) is 16.1. The van der Waals surface area contributed by atoms with Gasteiger partial charge < -0.3 is 4.90 Å². The quantitative estimate of drug-likeness (QED) is 0.530. The molecule has 25 heavy (non-hydrogen) atoms. The Labute approximate surface area is 151 Å². The van der Waals surface area contributed by atoms with Crippen LogP contribution in [-0.4, -0.2) is 28.2 Å². The Morgan fingerprint density at radius 1 is 1.12 bits per heavy atom. The fourth-order valence-electron chi connectivity index (χ4n) is 3.17. The minimum Gasteiger partial charge on any atom is -0.311 e. The summed E-state index contributed by atoms with van der Waals surface area (Å²) >= 11 is 1.51. The van der Waals surface area contributed by atoms with E-state index in [9.17, 15) is 4.79 Å². The van der Waals surface area contributed by atoms with Crippen molar-refractivity contribution < 1.29 is 4.79 Å². The number of amides is 1. The zero-order valence-electron chi connectivity index (χ0n) is 14.1. The summed E-state index contributed by atoms with van der Waals surface area (Å²) in [4.78, 5) is 23.8. The van der Waals surface area contributed by atoms with Gasteiger partial charge in [-0.2, -0.15) is 0 Å². The van der Waals surface area contributed by atoms with Crippen molar-refractivity contribution in [1.29, 1.82) is 0 Å². The maximum Gasteiger partial charge on any atom is 0.237 e. The van der Waals surface area contributed by atoms with E-state index < -0.39 is 0 Å². The largest absolute Gasteiger partial charge is 0.311 e. The number of anilines is 1. The average molecular weight is 349 g/mol. The van der Waals surface area contributed by atoms with E-state index in [2.05, 4.69) is 16.0 Å². The number of hydrogen-bond donors (Lipinski definition) is 0. The highest BCUT2D eigenvalue weighted by atomic mass is 32.2. The molecule has 0 spiro atoms. The van der Waals surface area contributed by atoms with Crippen molar-refractivity contribution in [3.63, 3.8) is 0 Å². The van der Waals surface area contributed by atoms with Gasteiger partial charge in [-0.25, -0.2) is 9.97 Å². The molecule has 0 saturated carbocycles. The van der Waals surface area contributed by atoms with E-state index in [1.807, 2.05) is 54.3 Å². The highest BCUT2D eigenvalue weighted by molar-refractivity contribution is 8.00. The predicted octanol–water partition coefficient (Wildman–Crippen LogP) is 3.87. The maximum absolute atomic E-state index is 12.7. The monoisotopic (exact) mass is 349 g/mol. The third-order valence-corrected chi connectivity index (χ3v) is 5.43. The van der Waals surface area contributed by atoms with Crippen molar-refractivity contribution >= 4 is 34.3 Å². The summed E-state index contributed by atoms with van der Waals surface area (Å²) in [6, 6.07) is 16.1. The average Bonchev–Trinajstić information content (AvgIpc) is 3.09. The maximum atomic E-state index is 12.7. The molecule has 0 radical (unpaired) electrons. The van der Waals surface area contributed by atoms with E-state index in [0.29, 0.717) is 5.75 Å². The minimum absolute atomic E-state index is 0.135. The third-order valence-electron chi connectivity index (χ3n) is 4.45. The van der Waals surface area contributed by atoms with E-state index in [-0.39, 0.29) is 5.91 Å². The lowest BCUT2D eigenvalue weighted by Crippen LogP contribution is -2.30. The Balaban J connectivity index is 1.56. The molecule has 2 aromatic carbocycles. The minimum atomic E-state index is 0.135. The Hall–Kier alpha value is -2.40. The number of benzene rings is 2. The van der Waals surface area contributed by atoms with Gasteiger partial charge in [0, 0.05) is 24.0 Å². The van der Waals surface area contributed by atoms with Gasteiger partial charge >= 0.3 is 0 Å². The van der Waals surface area contributed by atoms with Gasteiger partial charge in [-0.1, -0.05) is 55.1 Å². The molecule has 1 amide bonds. The number of hydrogen-bond acceptors (Lipinski definition) is 4. The summed E-state index contributed by atoms with van der Waals surface area (Å²) in [6.07, 6.45) is 1.72. The first-order chi connectivity index (χ1) is 12.3. The lowest BCUT2D eigenvalue weighted by atomic mass is 10.2. The highest BCUT2D eigenvalue weighted by Crippen LogP contribution is 2.30. The molecule has 0 saturated heterocycles. The Morgan fingerprint density at radius 2 is 1.92 bits per heavy atom. The fraction of sp³-hybridized carbons (Fsp3) is 0.250. The number of para-hydroxylation sites is 2. The van der Waals surface area contributed by atoms with Gasteiger partial charge in [-0.3, -0.25) is 4.79 Å². The molecule has 126 valence electrons. The van der Waals surface area contributed by atoms with Gasteiger partial charge in [0.1, 0.15) is 10.9 Å². The van der Waals surface area contributed by atoms with E-state index in [0.717, 1.165) is 46.8 Å². The number of nitrogens with zero attached hydrogens (tertiary/aromatic N) is 3. The van der Waals surface area contributed by atoms with E-state index in [1.54, 1.807) is 0 Å². The molecule has 1 aliphatic rings. The van der Waals surface area contributed by atoms with Crippen LogP contribution in [0.1, 0.15) is 18.3 Å². The zero-order valence-corrected chi connectivity index (χ0v) is 14.9. The smallest absolute Gasteiger partial charge is 0.237 e. The van der Waals surface area contributed by atoms with Gasteiger partial charge in [0.15, 0.2) is 0 Å². The van der Waals surface area contributed by atoms with Crippen LogP contribution in [0, 0.1) is 0 Å². The molecule has 0 aliphatic carbocycles. The second kappa shape index (κ2) is 6.84. The van der Waals surface area contributed by atoms with E-state index in [1.165, 1.54) is 17.3 Å². The molecule has 0 bridgehead atoms. The summed E-state index contributed by atoms with van der Waals surface area (Å²) in [5.74, 6) is 1.34. The molecule has 1 aromatic heterocycles. The number of aromatic nitrogens is 2. The van der Waals surface area contributed by atoms with Gasteiger partial charge in [0.05, 0.1) is 11.3 Å². The summed E-state index contributed by atoms with van der Waals surface area (Å²) in [5.41, 5.74) is 3.24. The van der Waals surface area contributed by atoms with Crippen LogP contribution in [-0.2, 0) is 17.6 Å². The Morgan fingerprint density at radius 3 is 2.80 bits per heavy atom. The molecule has 0 N–H and O–H groups in total. The summed E-state index contributed by atoms with van der Waals surface area (Å²) in [7, 11) is 0. The van der Waals surface area contributed by atoms with E-state index >= 15 is 0 Å². The van der Waals surface area contributed by atoms with Crippen molar-refractivity contribution in [3.05, 3.63) is 59.9 Å². The van der Waals surface area contributed by atoms with Crippen LogP contribution in [0.15, 0.2) is 53.6 Å². The topological polar surface area (TPSA) is 46.1 Å². The van der Waals surface area contributed by atoms with Gasteiger partial charge in [-0.05, 0) is 24.1 Å². The number of carbonyl (C=O) groups excluding carboxylic acids is 1. The summed E-state index contributed by atoms with van der Waals surface area (Å²) in [5, 5.41) is 1.91. The molecule has 5 heteroatoms. The number of thioether (sulfide) groups is 1. The SMILES string of the molecule is CCc1nc(SCC(=O)N2CCc3ccccc32)c2ccccc2n1. The van der Waals surface area contributed by atoms with Crippen LogP contribution in [0.3, 0.4) is 0 Å². The van der Waals surface area contributed by atoms with Crippen molar-refractivity contribution in [2.24, 2.45) is 0 Å². The van der Waals surface area contributed by atoms with Gasteiger partial charge in [-0.15, -0.1) is 0 Å². The molecule has 3 aromatic rings. The molecule has 1 aliphatic heterocycles. The van der Waals surface area contributed by atoms with Crippen molar-refractivity contribution in [3.8, 4) is 0 Å². The normalized spacial score (nSPS) is 13.2. The number of fused-ring (bicyclic) bond motifs is 2. The molecule has 4 nitrogen and oxygen atoms in total. The molecular weight excluding hydrogens is 330 g/mol. The van der Waals surface area contributed by atoms with Crippen LogP contribution in [0.4, 0.5) is 5.69 Å². The lowest BCUT2D eigenvalue weighted by Gasteiger charge is -2.17. The van der Waals surface area contributed by atoms with Crippen LogP contribution < -0.4 is 4.90 Å². The van der Waals surface area contributed by atoms with Gasteiger partial charge in [0.25, 0.3) is 0 Å². The van der Waals surface area contributed by atoms with Crippen LogP contribution >= 0.6 is 11.8 Å². The molecule has 0 atom stereocenters. The van der Waals surface area contributed by atoms with E-state index in [4.69, 9.17) is 0 Å². The zero-order chi connectivity index (χ0) is 17.2. The Kier molecular flexibility index (Phi) is 4.40. The third kappa shape index (κ3) is 3.12. The molecule has 4 rings (SSSR count). The Bertz CT molecular complexity index is 941. The summed E-state index contributed by atoms with van der Waals surface area (Å²) < 4.78 is 0.